The molecule has 37 heavy (non-hydrogen) atoms. The third-order valence-corrected chi connectivity index (χ3v) is 6.49. The van der Waals surface area contributed by atoms with Crippen molar-refractivity contribution in [2.45, 2.75) is 25.5 Å². The zero-order valence-corrected chi connectivity index (χ0v) is 20.7. The lowest BCUT2D eigenvalue weighted by Crippen LogP contribution is -2.46. The normalized spacial score (nSPS) is 16.8. The zero-order chi connectivity index (χ0) is 26.4. The van der Waals surface area contributed by atoms with Crippen molar-refractivity contribution in [1.29, 1.82) is 5.26 Å². The molecule has 0 bridgehead atoms. The van der Waals surface area contributed by atoms with Crippen LogP contribution in [0.4, 0.5) is 0 Å². The Hall–Kier alpha value is -4.48. The fraction of sp³-hybridized carbons (Fsp3) is 0.241. The fourth-order valence-corrected chi connectivity index (χ4v) is 4.48. The molecule has 2 amide bonds. The Morgan fingerprint density at radius 3 is 2.54 bits per heavy atom. The summed E-state index contributed by atoms with van der Waals surface area (Å²) in [5.41, 5.74) is 4.99. The van der Waals surface area contributed by atoms with E-state index in [2.05, 4.69) is 16.5 Å². The third kappa shape index (κ3) is 5.68. The van der Waals surface area contributed by atoms with Crippen molar-refractivity contribution in [3.05, 3.63) is 95.1 Å². The minimum atomic E-state index is -0.863. The molecule has 8 heteroatoms. The molecule has 2 N–H and O–H groups in total. The van der Waals surface area contributed by atoms with Gasteiger partial charge in [-0.25, -0.2) is 0 Å². The second-order valence-electron chi connectivity index (χ2n) is 8.83. The van der Waals surface area contributed by atoms with E-state index in [1.807, 2.05) is 49.4 Å². The van der Waals surface area contributed by atoms with Crippen molar-refractivity contribution < 1.29 is 19.5 Å². The minimum Gasteiger partial charge on any atom is -0.399 e. The van der Waals surface area contributed by atoms with Gasteiger partial charge in [-0.3, -0.25) is 9.59 Å². The second-order valence-corrected chi connectivity index (χ2v) is 8.83. The number of aliphatic hydroxyl groups excluding tert-OH is 1. The summed E-state index contributed by atoms with van der Waals surface area (Å²) in [5.74, 6) is -0.677. The molecule has 1 fully saturated rings. The quantitative estimate of drug-likeness (QED) is 0.485. The highest BCUT2D eigenvalue weighted by Crippen LogP contribution is 2.27. The molecule has 1 aliphatic rings. The number of nitrogens with zero attached hydrogens (tertiary/aromatic N) is 3. The number of benzene rings is 3. The van der Waals surface area contributed by atoms with Gasteiger partial charge in [0.15, 0.2) is 0 Å². The Labute approximate surface area is 215 Å². The van der Waals surface area contributed by atoms with Gasteiger partial charge in [-0.2, -0.15) is 5.26 Å². The minimum absolute atomic E-state index is 0.0218. The van der Waals surface area contributed by atoms with E-state index < -0.39 is 12.1 Å². The van der Waals surface area contributed by atoms with E-state index in [-0.39, 0.29) is 31.3 Å². The Bertz CT molecular complexity index is 1350. The van der Waals surface area contributed by atoms with E-state index in [1.54, 1.807) is 30.3 Å². The molecule has 0 aromatic heterocycles. The smallest absolute Gasteiger partial charge is 0.254 e. The molecule has 0 radical (unpaired) electrons. The van der Waals surface area contributed by atoms with Crippen LogP contribution in [0.25, 0.3) is 11.1 Å². The van der Waals surface area contributed by atoms with E-state index >= 15 is 0 Å². The van der Waals surface area contributed by atoms with Crippen molar-refractivity contribution in [3.63, 3.8) is 0 Å². The van der Waals surface area contributed by atoms with Crippen molar-refractivity contribution in [3.8, 4) is 17.2 Å². The van der Waals surface area contributed by atoms with Crippen LogP contribution in [-0.2, 0) is 9.63 Å². The van der Waals surface area contributed by atoms with Crippen LogP contribution in [0, 0.1) is 18.3 Å². The summed E-state index contributed by atoms with van der Waals surface area (Å²) in [7, 11) is 1.42. The first-order valence-electron chi connectivity index (χ1n) is 11.9. The van der Waals surface area contributed by atoms with Gasteiger partial charge in [0.1, 0.15) is 13.2 Å². The molecule has 2 atom stereocenters. The van der Waals surface area contributed by atoms with Gasteiger partial charge in [-0.05, 0) is 47.4 Å². The average molecular weight is 497 g/mol. The van der Waals surface area contributed by atoms with Gasteiger partial charge in [0.05, 0.1) is 30.0 Å². The summed E-state index contributed by atoms with van der Waals surface area (Å²) in [6.07, 6.45) is -0.621. The van der Waals surface area contributed by atoms with Crippen molar-refractivity contribution >= 4 is 17.5 Å². The molecule has 188 valence electrons. The SMILES string of the molecule is CON=C1CC(C(=O)NCC(O)c2ccccc2)N(C(=O)c2ccc(-c3cccc(C#N)c3C)cc2)C1. The Kier molecular flexibility index (Phi) is 7.96. The number of nitrogens with one attached hydrogen (secondary N) is 1. The van der Waals surface area contributed by atoms with Crippen LogP contribution >= 0.6 is 0 Å². The Morgan fingerprint density at radius 2 is 1.86 bits per heavy atom. The van der Waals surface area contributed by atoms with Gasteiger partial charge >= 0.3 is 0 Å². The van der Waals surface area contributed by atoms with Gasteiger partial charge in [0.2, 0.25) is 5.91 Å². The number of hydrogen-bond acceptors (Lipinski definition) is 6. The van der Waals surface area contributed by atoms with Crippen LogP contribution in [0.15, 0.2) is 78.0 Å². The lowest BCUT2D eigenvalue weighted by Gasteiger charge is -2.24. The van der Waals surface area contributed by atoms with Crippen LogP contribution in [0.5, 0.6) is 0 Å². The first kappa shape index (κ1) is 25.6. The molecule has 3 aromatic rings. The summed E-state index contributed by atoms with van der Waals surface area (Å²) in [4.78, 5) is 32.9. The van der Waals surface area contributed by atoms with Gasteiger partial charge in [0, 0.05) is 18.5 Å². The molecule has 0 spiro atoms. The summed E-state index contributed by atoms with van der Waals surface area (Å²) in [6.45, 7) is 2.08. The van der Waals surface area contributed by atoms with Crippen LogP contribution in [0.3, 0.4) is 0 Å². The highest BCUT2D eigenvalue weighted by Gasteiger charge is 2.38. The van der Waals surface area contributed by atoms with Crippen molar-refractivity contribution in [2.24, 2.45) is 5.16 Å². The summed E-state index contributed by atoms with van der Waals surface area (Å²) in [6, 6.07) is 23.1. The molecule has 1 saturated heterocycles. The van der Waals surface area contributed by atoms with Crippen LogP contribution in [-0.4, -0.2) is 53.8 Å². The van der Waals surface area contributed by atoms with E-state index in [4.69, 9.17) is 4.84 Å². The number of aliphatic hydroxyl groups is 1. The van der Waals surface area contributed by atoms with Gasteiger partial charge in [0.25, 0.3) is 5.91 Å². The van der Waals surface area contributed by atoms with Crippen LogP contribution < -0.4 is 5.32 Å². The number of carbonyl (C=O) groups excluding carboxylic acids is 2. The molecule has 2 unspecified atom stereocenters. The molecule has 8 nitrogen and oxygen atoms in total. The number of nitriles is 1. The lowest BCUT2D eigenvalue weighted by molar-refractivity contribution is -0.125. The molecular weight excluding hydrogens is 468 g/mol. The van der Waals surface area contributed by atoms with Gasteiger partial charge in [-0.15, -0.1) is 0 Å². The first-order valence-corrected chi connectivity index (χ1v) is 11.9. The lowest BCUT2D eigenvalue weighted by atomic mass is 9.96. The maximum absolute atomic E-state index is 13.4. The van der Waals surface area contributed by atoms with Crippen LogP contribution in [0.2, 0.25) is 0 Å². The maximum atomic E-state index is 13.4. The third-order valence-electron chi connectivity index (χ3n) is 6.49. The monoisotopic (exact) mass is 496 g/mol. The van der Waals surface area contributed by atoms with E-state index in [1.165, 1.54) is 12.0 Å². The standard InChI is InChI=1S/C29H28N4O4/c1-19-23(16-30)9-6-10-25(19)20-11-13-22(14-12-20)29(36)33-18-24(32-37-2)15-26(33)28(35)31-17-27(34)21-7-4-3-5-8-21/h3-14,26-27,34H,15,17-18H2,1-2H3,(H,31,35). The highest BCUT2D eigenvalue weighted by atomic mass is 16.6. The number of rotatable bonds is 7. The van der Waals surface area contributed by atoms with Gasteiger partial charge in [-0.1, -0.05) is 59.8 Å². The molecule has 0 aliphatic carbocycles. The van der Waals surface area contributed by atoms with Crippen molar-refractivity contribution in [2.75, 3.05) is 20.2 Å². The predicted molar refractivity (Wildman–Crippen MR) is 140 cm³/mol. The summed E-state index contributed by atoms with van der Waals surface area (Å²) < 4.78 is 0. The average Bonchev–Trinajstić information content (AvgIpc) is 3.36. The molecule has 3 aromatic carbocycles. The number of carbonyl (C=O) groups is 2. The van der Waals surface area contributed by atoms with E-state index in [9.17, 15) is 20.0 Å². The Balaban J connectivity index is 1.50. The number of oxime groups is 1. The molecule has 4 rings (SSSR count). The molecular formula is C29H28N4O4. The zero-order valence-electron chi connectivity index (χ0n) is 20.7. The maximum Gasteiger partial charge on any atom is 0.254 e. The van der Waals surface area contributed by atoms with E-state index in [0.29, 0.717) is 22.4 Å². The topological polar surface area (TPSA) is 115 Å². The number of likely N-dealkylation sites (tertiary alicyclic amines) is 1. The molecule has 0 saturated carbocycles. The first-order chi connectivity index (χ1) is 17.9. The summed E-state index contributed by atoms with van der Waals surface area (Å²) in [5, 5.41) is 26.5. The number of hydrogen-bond donors (Lipinski definition) is 2. The largest absolute Gasteiger partial charge is 0.399 e. The van der Waals surface area contributed by atoms with E-state index in [0.717, 1.165) is 16.7 Å². The molecule has 1 aliphatic heterocycles. The Morgan fingerprint density at radius 1 is 1.14 bits per heavy atom. The van der Waals surface area contributed by atoms with Gasteiger partial charge < -0.3 is 20.2 Å². The summed E-state index contributed by atoms with van der Waals surface area (Å²) >= 11 is 0. The number of amides is 2. The predicted octanol–water partition coefficient (Wildman–Crippen LogP) is 3.60. The van der Waals surface area contributed by atoms with Crippen molar-refractivity contribution in [1.82, 2.24) is 10.2 Å². The van der Waals surface area contributed by atoms with Crippen LogP contribution in [0.1, 0.15) is 39.6 Å². The second kappa shape index (κ2) is 11.5. The highest BCUT2D eigenvalue weighted by molar-refractivity contribution is 6.05. The fourth-order valence-electron chi connectivity index (χ4n) is 4.48. The molecule has 1 heterocycles.